The molecule has 30 heavy (non-hydrogen) atoms. The molecule has 0 aliphatic carbocycles. The maximum atomic E-state index is 12.4. The van der Waals surface area contributed by atoms with E-state index in [0.29, 0.717) is 24.3 Å². The van der Waals surface area contributed by atoms with Crippen LogP contribution < -0.4 is 10.0 Å². The largest absolute Gasteiger partial charge is 0.326 e. The monoisotopic (exact) mass is 428 g/mol. The predicted molar refractivity (Wildman–Crippen MR) is 120 cm³/mol. The molecule has 0 saturated heterocycles. The summed E-state index contributed by atoms with van der Waals surface area (Å²) in [6.07, 6.45) is 2.06. The molecule has 0 atom stereocenters. The van der Waals surface area contributed by atoms with Gasteiger partial charge in [-0.15, -0.1) is 0 Å². The summed E-state index contributed by atoms with van der Waals surface area (Å²) in [6.45, 7) is 6.79. The van der Waals surface area contributed by atoms with Gasteiger partial charge >= 0.3 is 0 Å². The normalized spacial score (nSPS) is 11.9. The zero-order valence-corrected chi connectivity index (χ0v) is 18.4. The van der Waals surface area contributed by atoms with Crippen LogP contribution in [0.4, 0.5) is 5.69 Å². The van der Waals surface area contributed by atoms with Gasteiger partial charge in [0, 0.05) is 24.0 Å². The number of fused-ring (bicyclic) bond motifs is 1. The molecule has 0 aliphatic rings. The molecule has 3 rings (SSSR count). The number of aromatic nitrogens is 2. The summed E-state index contributed by atoms with van der Waals surface area (Å²) in [5.74, 6) is -0.0346. The molecular formula is C22H28N4O3S. The maximum Gasteiger partial charge on any atom is 0.226 e. The van der Waals surface area contributed by atoms with Gasteiger partial charge in [0.2, 0.25) is 15.9 Å². The highest BCUT2D eigenvalue weighted by molar-refractivity contribution is 7.88. The number of hydrogen-bond donors (Lipinski definition) is 2. The van der Waals surface area contributed by atoms with E-state index in [-0.39, 0.29) is 24.0 Å². The second-order valence-electron chi connectivity index (χ2n) is 7.93. The van der Waals surface area contributed by atoms with E-state index < -0.39 is 10.0 Å². The molecule has 0 fully saturated rings. The summed E-state index contributed by atoms with van der Waals surface area (Å²) in [7, 11) is -3.41. The fourth-order valence-electron chi connectivity index (χ4n) is 3.09. The second kappa shape index (κ2) is 9.40. The van der Waals surface area contributed by atoms with E-state index in [1.165, 1.54) is 0 Å². The highest BCUT2D eigenvalue weighted by Gasteiger charge is 2.13. The van der Waals surface area contributed by atoms with E-state index in [9.17, 15) is 13.2 Å². The Kier molecular flexibility index (Phi) is 6.89. The quantitative estimate of drug-likeness (QED) is 0.546. The minimum absolute atomic E-state index is 0.123. The van der Waals surface area contributed by atoms with Gasteiger partial charge < -0.3 is 5.32 Å². The fraction of sp³-hybridized carbons (Fsp3) is 0.364. The van der Waals surface area contributed by atoms with Crippen LogP contribution in [0.1, 0.15) is 31.4 Å². The highest BCUT2D eigenvalue weighted by atomic mass is 32.2. The van der Waals surface area contributed by atoms with Crippen molar-refractivity contribution in [3.8, 4) is 0 Å². The van der Waals surface area contributed by atoms with E-state index in [1.54, 1.807) is 30.5 Å². The molecule has 2 aromatic carbocycles. The van der Waals surface area contributed by atoms with Gasteiger partial charge in [0.1, 0.15) is 0 Å². The van der Waals surface area contributed by atoms with Crippen molar-refractivity contribution in [2.45, 2.75) is 39.5 Å². The minimum Gasteiger partial charge on any atom is -0.326 e. The summed E-state index contributed by atoms with van der Waals surface area (Å²) in [4.78, 5) is 12.4. The number of nitrogens with one attached hydrogen (secondary N) is 2. The molecule has 8 heteroatoms. The number of carbonyl (C=O) groups excluding carboxylic acids is 1. The van der Waals surface area contributed by atoms with Crippen molar-refractivity contribution >= 4 is 32.5 Å². The topological polar surface area (TPSA) is 93.1 Å². The molecule has 1 heterocycles. The minimum atomic E-state index is -3.41. The number of rotatable bonds is 9. The lowest BCUT2D eigenvalue weighted by atomic mass is 10.2. The summed E-state index contributed by atoms with van der Waals surface area (Å²) < 4.78 is 28.8. The number of benzene rings is 2. The third-order valence-electron chi connectivity index (χ3n) is 4.63. The molecule has 3 aromatic rings. The van der Waals surface area contributed by atoms with Gasteiger partial charge in [-0.05, 0) is 42.2 Å². The Bertz CT molecular complexity index is 1140. The Morgan fingerprint density at radius 1 is 1.17 bits per heavy atom. The number of nitrogens with zero attached hydrogens (tertiary/aromatic N) is 2. The Morgan fingerprint density at radius 2 is 1.97 bits per heavy atom. The van der Waals surface area contributed by atoms with Gasteiger partial charge in [-0.1, -0.05) is 38.1 Å². The van der Waals surface area contributed by atoms with Crippen LogP contribution in [-0.2, 0) is 27.1 Å². The Balaban J connectivity index is 1.59. The first kappa shape index (κ1) is 22.0. The van der Waals surface area contributed by atoms with E-state index in [0.717, 1.165) is 16.5 Å². The molecule has 0 unspecified atom stereocenters. The first-order chi connectivity index (χ1) is 14.2. The average Bonchev–Trinajstić information content (AvgIpc) is 3.07. The zero-order chi connectivity index (χ0) is 21.7. The third-order valence-corrected chi connectivity index (χ3v) is 5.95. The summed E-state index contributed by atoms with van der Waals surface area (Å²) in [6, 6.07) is 13.0. The Labute approximate surface area is 177 Å². The van der Waals surface area contributed by atoms with Crippen LogP contribution in [-0.4, -0.2) is 30.7 Å². The van der Waals surface area contributed by atoms with Crippen LogP contribution in [0, 0.1) is 12.8 Å². The summed E-state index contributed by atoms with van der Waals surface area (Å²) in [5.41, 5.74) is 3.35. The van der Waals surface area contributed by atoms with Gasteiger partial charge in [0.25, 0.3) is 0 Å². The molecule has 0 bridgehead atoms. The molecule has 160 valence electrons. The van der Waals surface area contributed by atoms with Crippen LogP contribution >= 0.6 is 0 Å². The molecule has 0 saturated carbocycles. The van der Waals surface area contributed by atoms with Crippen LogP contribution in [0.5, 0.6) is 0 Å². The van der Waals surface area contributed by atoms with Gasteiger partial charge in [-0.2, -0.15) is 5.10 Å². The lowest BCUT2D eigenvalue weighted by Gasteiger charge is -2.10. The third kappa shape index (κ3) is 6.14. The van der Waals surface area contributed by atoms with Crippen molar-refractivity contribution in [3.63, 3.8) is 0 Å². The standard InChI is InChI=1S/C22H28N4O3S/c1-16(2)13-24-30(28,29)15-18-5-4-6-20(12-18)25-22(27)9-10-26-21-11-17(3)7-8-19(21)14-23-26/h4-8,11-12,14,16,24H,9-10,13,15H2,1-3H3,(H,25,27). The van der Waals surface area contributed by atoms with Crippen LogP contribution in [0.25, 0.3) is 10.9 Å². The second-order valence-corrected chi connectivity index (χ2v) is 9.74. The molecule has 0 aliphatic heterocycles. The van der Waals surface area contributed by atoms with Crippen molar-refractivity contribution in [1.82, 2.24) is 14.5 Å². The van der Waals surface area contributed by atoms with Crippen molar-refractivity contribution < 1.29 is 13.2 Å². The number of sulfonamides is 1. The van der Waals surface area contributed by atoms with E-state index in [2.05, 4.69) is 21.2 Å². The van der Waals surface area contributed by atoms with Crippen LogP contribution in [0.2, 0.25) is 0 Å². The van der Waals surface area contributed by atoms with E-state index >= 15 is 0 Å². The predicted octanol–water partition coefficient (Wildman–Crippen LogP) is 3.45. The van der Waals surface area contributed by atoms with Gasteiger partial charge in [-0.3, -0.25) is 9.48 Å². The van der Waals surface area contributed by atoms with Crippen LogP contribution in [0.15, 0.2) is 48.7 Å². The number of anilines is 1. The SMILES string of the molecule is Cc1ccc2cnn(CCC(=O)Nc3cccc(CS(=O)(=O)NCC(C)C)c3)c2c1. The van der Waals surface area contributed by atoms with Crippen molar-refractivity contribution in [1.29, 1.82) is 0 Å². The fourth-order valence-corrected chi connectivity index (χ4v) is 4.40. The molecule has 1 amide bonds. The van der Waals surface area contributed by atoms with Gasteiger partial charge in [0.05, 0.1) is 24.0 Å². The summed E-state index contributed by atoms with van der Waals surface area (Å²) in [5, 5.41) is 8.25. The van der Waals surface area contributed by atoms with Crippen molar-refractivity contribution in [3.05, 3.63) is 59.8 Å². The number of hydrogen-bond acceptors (Lipinski definition) is 4. The Morgan fingerprint density at radius 3 is 2.73 bits per heavy atom. The smallest absolute Gasteiger partial charge is 0.226 e. The highest BCUT2D eigenvalue weighted by Crippen LogP contribution is 2.17. The number of carbonyl (C=O) groups is 1. The van der Waals surface area contributed by atoms with Crippen LogP contribution in [0.3, 0.4) is 0 Å². The first-order valence-corrected chi connectivity index (χ1v) is 11.7. The summed E-state index contributed by atoms with van der Waals surface area (Å²) >= 11 is 0. The molecule has 0 radical (unpaired) electrons. The van der Waals surface area contributed by atoms with E-state index in [4.69, 9.17) is 0 Å². The van der Waals surface area contributed by atoms with Gasteiger partial charge in [0.15, 0.2) is 0 Å². The molecule has 2 N–H and O–H groups in total. The maximum absolute atomic E-state index is 12.4. The van der Waals surface area contributed by atoms with Gasteiger partial charge in [-0.25, -0.2) is 13.1 Å². The Hall–Kier alpha value is -2.71. The number of aryl methyl sites for hydroxylation is 2. The molecule has 1 aromatic heterocycles. The zero-order valence-electron chi connectivity index (χ0n) is 17.6. The van der Waals surface area contributed by atoms with Crippen molar-refractivity contribution in [2.75, 3.05) is 11.9 Å². The molecule has 7 nitrogen and oxygen atoms in total. The van der Waals surface area contributed by atoms with Crippen molar-refractivity contribution in [2.24, 2.45) is 5.92 Å². The molecule has 0 spiro atoms. The first-order valence-electron chi connectivity index (χ1n) is 10.00. The lowest BCUT2D eigenvalue weighted by molar-refractivity contribution is -0.116. The number of amides is 1. The van der Waals surface area contributed by atoms with E-state index in [1.807, 2.05) is 37.6 Å². The lowest BCUT2D eigenvalue weighted by Crippen LogP contribution is -2.28. The molecular weight excluding hydrogens is 400 g/mol. The average molecular weight is 429 g/mol.